The van der Waals surface area contributed by atoms with Crippen LogP contribution in [0.3, 0.4) is 0 Å². The van der Waals surface area contributed by atoms with Gasteiger partial charge in [0.15, 0.2) is 0 Å². The molecule has 158 valence electrons. The molecule has 1 heterocycles. The Kier molecular flexibility index (Phi) is 6.42. The van der Waals surface area contributed by atoms with E-state index in [0.717, 1.165) is 56.8 Å². The van der Waals surface area contributed by atoms with Crippen LogP contribution >= 0.6 is 0 Å². The molecule has 0 aromatic heterocycles. The number of nitrogens with one attached hydrogen (secondary N) is 2. The number of amides is 2. The van der Waals surface area contributed by atoms with E-state index in [1.165, 1.54) is 5.56 Å². The minimum Gasteiger partial charge on any atom is -0.379 e. The third-order valence-electron chi connectivity index (χ3n) is 5.72. The van der Waals surface area contributed by atoms with Gasteiger partial charge in [0.05, 0.1) is 13.2 Å². The fourth-order valence-corrected chi connectivity index (χ4v) is 3.76. The van der Waals surface area contributed by atoms with Gasteiger partial charge in [-0.25, -0.2) is 5.48 Å². The van der Waals surface area contributed by atoms with Gasteiger partial charge < -0.3 is 10.1 Å². The van der Waals surface area contributed by atoms with Gasteiger partial charge in [0.25, 0.3) is 11.8 Å². The van der Waals surface area contributed by atoms with Gasteiger partial charge in [0, 0.05) is 25.2 Å². The van der Waals surface area contributed by atoms with E-state index in [4.69, 9.17) is 9.94 Å². The highest BCUT2D eigenvalue weighted by Gasteiger charge is 2.37. The number of rotatable bonds is 7. The van der Waals surface area contributed by atoms with E-state index in [9.17, 15) is 9.59 Å². The van der Waals surface area contributed by atoms with Gasteiger partial charge in [-0.2, -0.15) is 0 Å². The van der Waals surface area contributed by atoms with Gasteiger partial charge in [-0.05, 0) is 47.6 Å². The Morgan fingerprint density at radius 3 is 2.17 bits per heavy atom. The summed E-state index contributed by atoms with van der Waals surface area (Å²) in [6.07, 6.45) is 1.75. The quantitative estimate of drug-likeness (QED) is 0.482. The molecule has 1 atom stereocenters. The van der Waals surface area contributed by atoms with Crippen molar-refractivity contribution in [1.29, 1.82) is 0 Å². The van der Waals surface area contributed by atoms with Crippen LogP contribution in [0.25, 0.3) is 11.1 Å². The molecule has 1 saturated carbocycles. The molecule has 2 aromatic carbocycles. The Bertz CT molecular complexity index is 872. The van der Waals surface area contributed by atoms with Crippen molar-refractivity contribution in [2.75, 3.05) is 26.3 Å². The van der Waals surface area contributed by atoms with Crippen LogP contribution in [0, 0.1) is 5.92 Å². The standard InChI is InChI=1S/C23H27N3O4/c27-22(24-21(19-7-8-19)23(28)25-29)20-9-5-18(6-10-20)17-3-1-16(2-4-17)15-26-11-13-30-14-12-26/h1-6,9-10,19,21,29H,7-8,11-15H2,(H,24,27)(H,25,28). The van der Waals surface area contributed by atoms with E-state index in [1.54, 1.807) is 17.6 Å². The number of ether oxygens (including phenoxy) is 1. The van der Waals surface area contributed by atoms with Crippen LogP contribution in [0.15, 0.2) is 48.5 Å². The molecule has 7 nitrogen and oxygen atoms in total. The monoisotopic (exact) mass is 409 g/mol. The molecule has 2 aromatic rings. The molecule has 1 aliphatic heterocycles. The van der Waals surface area contributed by atoms with Gasteiger partial charge in [0.1, 0.15) is 6.04 Å². The zero-order chi connectivity index (χ0) is 20.9. The third kappa shape index (κ3) is 5.05. The molecule has 1 aliphatic carbocycles. The SMILES string of the molecule is O=C(NC(C(=O)NO)C1CC1)c1ccc(-c2ccc(CN3CCOCC3)cc2)cc1. The van der Waals surface area contributed by atoms with Crippen molar-refractivity contribution in [2.45, 2.75) is 25.4 Å². The second-order valence-electron chi connectivity index (χ2n) is 7.93. The fraction of sp³-hybridized carbons (Fsp3) is 0.391. The number of benzene rings is 2. The van der Waals surface area contributed by atoms with E-state index in [2.05, 4.69) is 34.5 Å². The first-order valence-corrected chi connectivity index (χ1v) is 10.4. The molecular weight excluding hydrogens is 382 g/mol. The van der Waals surface area contributed by atoms with E-state index in [-0.39, 0.29) is 11.8 Å². The lowest BCUT2D eigenvalue weighted by atomic mass is 10.0. The van der Waals surface area contributed by atoms with E-state index in [1.807, 2.05) is 12.1 Å². The van der Waals surface area contributed by atoms with Crippen molar-refractivity contribution in [3.05, 3.63) is 59.7 Å². The smallest absolute Gasteiger partial charge is 0.266 e. The van der Waals surface area contributed by atoms with Crippen molar-refractivity contribution in [1.82, 2.24) is 15.7 Å². The van der Waals surface area contributed by atoms with E-state index < -0.39 is 11.9 Å². The molecule has 0 radical (unpaired) electrons. The summed E-state index contributed by atoms with van der Waals surface area (Å²) in [6, 6.07) is 15.1. The number of carbonyl (C=O) groups excluding carboxylic acids is 2. The predicted octanol–water partition coefficient (Wildman–Crippen LogP) is 2.20. The van der Waals surface area contributed by atoms with Crippen molar-refractivity contribution >= 4 is 11.8 Å². The summed E-state index contributed by atoms with van der Waals surface area (Å²) < 4.78 is 5.39. The van der Waals surface area contributed by atoms with E-state index in [0.29, 0.717) is 5.56 Å². The summed E-state index contributed by atoms with van der Waals surface area (Å²) in [4.78, 5) is 26.7. The molecular formula is C23H27N3O4. The van der Waals surface area contributed by atoms with Crippen LogP contribution in [0.2, 0.25) is 0 Å². The number of hydroxylamine groups is 1. The average molecular weight is 409 g/mol. The van der Waals surface area contributed by atoms with Crippen LogP contribution in [-0.4, -0.2) is 54.3 Å². The molecule has 0 bridgehead atoms. The van der Waals surface area contributed by atoms with Crippen molar-refractivity contribution < 1.29 is 19.5 Å². The highest BCUT2D eigenvalue weighted by atomic mass is 16.5. The summed E-state index contributed by atoms with van der Waals surface area (Å²) in [5.41, 5.74) is 5.51. The molecule has 1 saturated heterocycles. The largest absolute Gasteiger partial charge is 0.379 e. The second kappa shape index (κ2) is 9.38. The first kappa shape index (κ1) is 20.5. The molecule has 2 aliphatic rings. The molecule has 4 rings (SSSR count). The van der Waals surface area contributed by atoms with Crippen LogP contribution in [0.5, 0.6) is 0 Å². The topological polar surface area (TPSA) is 90.9 Å². The molecule has 3 N–H and O–H groups in total. The fourth-order valence-electron chi connectivity index (χ4n) is 3.76. The zero-order valence-electron chi connectivity index (χ0n) is 16.8. The van der Waals surface area contributed by atoms with Crippen LogP contribution in [0.1, 0.15) is 28.8 Å². The van der Waals surface area contributed by atoms with Crippen LogP contribution < -0.4 is 10.8 Å². The molecule has 2 fully saturated rings. The zero-order valence-corrected chi connectivity index (χ0v) is 16.8. The summed E-state index contributed by atoms with van der Waals surface area (Å²) in [6.45, 7) is 4.44. The minimum absolute atomic E-state index is 0.0938. The average Bonchev–Trinajstić information content (AvgIpc) is 3.63. The molecule has 30 heavy (non-hydrogen) atoms. The van der Waals surface area contributed by atoms with Gasteiger partial charge in [-0.3, -0.25) is 19.7 Å². The number of hydrogen-bond acceptors (Lipinski definition) is 5. The number of carbonyl (C=O) groups is 2. The summed E-state index contributed by atoms with van der Waals surface area (Å²) in [5.74, 6) is -0.793. The number of nitrogens with zero attached hydrogens (tertiary/aromatic N) is 1. The predicted molar refractivity (Wildman–Crippen MR) is 112 cm³/mol. The lowest BCUT2D eigenvalue weighted by Gasteiger charge is -2.26. The molecule has 1 unspecified atom stereocenters. The lowest BCUT2D eigenvalue weighted by Crippen LogP contribution is -2.47. The van der Waals surface area contributed by atoms with Gasteiger partial charge in [-0.15, -0.1) is 0 Å². The summed E-state index contributed by atoms with van der Waals surface area (Å²) in [7, 11) is 0. The number of morpholine rings is 1. The Balaban J connectivity index is 1.37. The van der Waals surface area contributed by atoms with Crippen molar-refractivity contribution in [3.8, 4) is 11.1 Å². The second-order valence-corrected chi connectivity index (χ2v) is 7.93. The van der Waals surface area contributed by atoms with E-state index >= 15 is 0 Å². The van der Waals surface area contributed by atoms with Crippen LogP contribution in [0.4, 0.5) is 0 Å². The Morgan fingerprint density at radius 2 is 1.60 bits per heavy atom. The minimum atomic E-state index is -0.693. The Morgan fingerprint density at radius 1 is 1.00 bits per heavy atom. The van der Waals surface area contributed by atoms with Gasteiger partial charge >= 0.3 is 0 Å². The number of hydrogen-bond donors (Lipinski definition) is 3. The maximum atomic E-state index is 12.5. The molecule has 0 spiro atoms. The highest BCUT2D eigenvalue weighted by Crippen LogP contribution is 2.33. The maximum Gasteiger partial charge on any atom is 0.266 e. The summed E-state index contributed by atoms with van der Waals surface area (Å²) in [5, 5.41) is 11.6. The highest BCUT2D eigenvalue weighted by molar-refractivity contribution is 5.98. The Labute approximate surface area is 176 Å². The molecule has 7 heteroatoms. The summed E-state index contributed by atoms with van der Waals surface area (Å²) >= 11 is 0. The first-order chi connectivity index (χ1) is 14.6. The lowest BCUT2D eigenvalue weighted by molar-refractivity contribution is -0.131. The Hall–Kier alpha value is -2.74. The third-order valence-corrected chi connectivity index (χ3v) is 5.72. The normalized spacial score (nSPS) is 17.9. The van der Waals surface area contributed by atoms with Crippen molar-refractivity contribution in [3.63, 3.8) is 0 Å². The maximum absolute atomic E-state index is 12.5. The van der Waals surface area contributed by atoms with Gasteiger partial charge in [-0.1, -0.05) is 36.4 Å². The van der Waals surface area contributed by atoms with Gasteiger partial charge in [0.2, 0.25) is 0 Å². The van der Waals surface area contributed by atoms with Crippen LogP contribution in [-0.2, 0) is 16.1 Å². The molecule has 2 amide bonds. The first-order valence-electron chi connectivity index (χ1n) is 10.4. The van der Waals surface area contributed by atoms with Crippen molar-refractivity contribution in [2.24, 2.45) is 5.92 Å².